The molecule has 8 heteroatoms. The second-order valence-corrected chi connectivity index (χ2v) is 7.33. The van der Waals surface area contributed by atoms with Crippen LogP contribution >= 0.6 is 0 Å². The normalized spacial score (nSPS) is 12.5. The Bertz CT molecular complexity index is 1090. The highest BCUT2D eigenvalue weighted by atomic mass is 32.2. The zero-order chi connectivity index (χ0) is 18.7. The molecule has 1 aromatic heterocycles. The largest absolute Gasteiger partial charge is 0.336 e. The minimum Gasteiger partial charge on any atom is -0.336 e. The number of sulfonamides is 1. The highest BCUT2D eigenvalue weighted by Gasteiger charge is 2.27. The van der Waals surface area contributed by atoms with Crippen molar-refractivity contribution in [3.05, 3.63) is 83.7 Å². The molecule has 0 saturated heterocycles. The van der Waals surface area contributed by atoms with Gasteiger partial charge in [0.25, 0.3) is 0 Å². The van der Waals surface area contributed by atoms with Crippen LogP contribution < -0.4 is 4.72 Å². The van der Waals surface area contributed by atoms with E-state index >= 15 is 0 Å². The average molecular weight is 370 g/mol. The molecule has 0 aliphatic rings. The van der Waals surface area contributed by atoms with E-state index in [9.17, 15) is 12.8 Å². The lowest BCUT2D eigenvalue weighted by molar-refractivity contribution is 0.545. The summed E-state index contributed by atoms with van der Waals surface area (Å²) in [4.78, 5) is 4.09. The van der Waals surface area contributed by atoms with Crippen molar-refractivity contribution in [3.8, 4) is 6.07 Å². The lowest BCUT2D eigenvalue weighted by Gasteiger charge is -2.19. The third-order valence-electron chi connectivity index (χ3n) is 3.88. The molecule has 0 fully saturated rings. The molecule has 0 spiro atoms. The van der Waals surface area contributed by atoms with Crippen molar-refractivity contribution in [2.75, 3.05) is 0 Å². The van der Waals surface area contributed by atoms with Crippen molar-refractivity contribution in [1.82, 2.24) is 14.3 Å². The first kappa shape index (κ1) is 17.8. The maximum atomic E-state index is 14.3. The molecule has 0 unspecified atom stereocenters. The van der Waals surface area contributed by atoms with Gasteiger partial charge in [-0.15, -0.1) is 0 Å². The van der Waals surface area contributed by atoms with Crippen LogP contribution in [0.15, 0.2) is 65.8 Å². The summed E-state index contributed by atoms with van der Waals surface area (Å²) in [5.74, 6) is -0.205. The standard InChI is InChI=1S/C18H15FN4O2S/c1-23-10-9-21-18(23)17(15-7-2-3-8-16(15)19)22-26(24,25)14-6-4-5-13(11-14)12-20/h2-11,17,22H,1H3/t17-/m1/s1. The lowest BCUT2D eigenvalue weighted by Crippen LogP contribution is -2.31. The Morgan fingerprint density at radius 2 is 2.00 bits per heavy atom. The van der Waals surface area contributed by atoms with Gasteiger partial charge in [0.2, 0.25) is 10.0 Å². The van der Waals surface area contributed by atoms with E-state index in [0.29, 0.717) is 5.82 Å². The summed E-state index contributed by atoms with van der Waals surface area (Å²) in [5, 5.41) is 8.98. The van der Waals surface area contributed by atoms with Crippen LogP contribution in [0.5, 0.6) is 0 Å². The SMILES string of the molecule is Cn1ccnc1[C@H](NS(=O)(=O)c1cccc(C#N)c1)c1ccccc1F. The third kappa shape index (κ3) is 3.49. The number of imidazole rings is 1. The second-order valence-electron chi connectivity index (χ2n) is 5.61. The van der Waals surface area contributed by atoms with Crippen LogP contribution in [0.2, 0.25) is 0 Å². The number of benzene rings is 2. The predicted molar refractivity (Wildman–Crippen MR) is 92.9 cm³/mol. The van der Waals surface area contributed by atoms with Crippen LogP contribution in [0.4, 0.5) is 4.39 Å². The molecule has 0 aliphatic carbocycles. The molecule has 0 aliphatic heterocycles. The Hall–Kier alpha value is -3.02. The average Bonchev–Trinajstić information content (AvgIpc) is 3.06. The molecule has 2 aromatic carbocycles. The molecule has 26 heavy (non-hydrogen) atoms. The number of aryl methyl sites for hydroxylation is 1. The van der Waals surface area contributed by atoms with E-state index in [1.54, 1.807) is 23.9 Å². The van der Waals surface area contributed by atoms with Gasteiger partial charge in [0.1, 0.15) is 17.7 Å². The van der Waals surface area contributed by atoms with Gasteiger partial charge in [-0.2, -0.15) is 9.98 Å². The summed E-state index contributed by atoms with van der Waals surface area (Å²) < 4.78 is 44.1. The predicted octanol–water partition coefficient (Wildman–Crippen LogP) is 2.50. The van der Waals surface area contributed by atoms with Crippen molar-refractivity contribution < 1.29 is 12.8 Å². The van der Waals surface area contributed by atoms with Crippen molar-refractivity contribution in [1.29, 1.82) is 5.26 Å². The van der Waals surface area contributed by atoms with E-state index in [0.717, 1.165) is 0 Å². The number of aromatic nitrogens is 2. The Morgan fingerprint density at radius 1 is 1.23 bits per heavy atom. The Kier molecular flexibility index (Phi) is 4.84. The topological polar surface area (TPSA) is 87.8 Å². The van der Waals surface area contributed by atoms with Crippen LogP contribution in [0, 0.1) is 17.1 Å². The summed E-state index contributed by atoms with van der Waals surface area (Å²) in [7, 11) is -2.33. The van der Waals surface area contributed by atoms with Gasteiger partial charge in [-0.05, 0) is 24.3 Å². The molecule has 132 valence electrons. The van der Waals surface area contributed by atoms with Crippen molar-refractivity contribution >= 4 is 10.0 Å². The van der Waals surface area contributed by atoms with Crippen LogP contribution in [0.25, 0.3) is 0 Å². The number of nitrogens with zero attached hydrogens (tertiary/aromatic N) is 3. The quantitative estimate of drug-likeness (QED) is 0.747. The van der Waals surface area contributed by atoms with Gasteiger partial charge >= 0.3 is 0 Å². The third-order valence-corrected chi connectivity index (χ3v) is 5.30. The summed E-state index contributed by atoms with van der Waals surface area (Å²) in [6.45, 7) is 0. The van der Waals surface area contributed by atoms with Crippen LogP contribution in [-0.2, 0) is 17.1 Å². The molecule has 1 heterocycles. The number of nitriles is 1. The summed E-state index contributed by atoms with van der Waals surface area (Å²) in [6, 6.07) is 12.4. The molecule has 0 saturated carbocycles. The Morgan fingerprint density at radius 3 is 2.65 bits per heavy atom. The van der Waals surface area contributed by atoms with Crippen LogP contribution in [0.3, 0.4) is 0 Å². The van der Waals surface area contributed by atoms with Gasteiger partial charge in [0, 0.05) is 25.0 Å². The number of rotatable bonds is 5. The molecule has 0 bridgehead atoms. The fourth-order valence-electron chi connectivity index (χ4n) is 2.58. The molecule has 6 nitrogen and oxygen atoms in total. The van der Waals surface area contributed by atoms with Crippen molar-refractivity contribution in [2.45, 2.75) is 10.9 Å². The van der Waals surface area contributed by atoms with Gasteiger partial charge in [0.15, 0.2) is 0 Å². The first-order chi connectivity index (χ1) is 12.4. The van der Waals surface area contributed by atoms with Crippen LogP contribution in [0.1, 0.15) is 23.0 Å². The summed E-state index contributed by atoms with van der Waals surface area (Å²) in [5.41, 5.74) is 0.370. The lowest BCUT2D eigenvalue weighted by atomic mass is 10.1. The smallest absolute Gasteiger partial charge is 0.241 e. The summed E-state index contributed by atoms with van der Waals surface area (Å²) >= 11 is 0. The highest BCUT2D eigenvalue weighted by Crippen LogP contribution is 2.25. The fraction of sp³-hybridized carbons (Fsp3) is 0.111. The molecule has 0 amide bonds. The molecular weight excluding hydrogens is 355 g/mol. The molecular formula is C18H15FN4O2S. The number of hydrogen-bond donors (Lipinski definition) is 1. The van der Waals surface area contributed by atoms with Gasteiger partial charge in [-0.1, -0.05) is 24.3 Å². The molecule has 3 rings (SSSR count). The van der Waals surface area contributed by atoms with E-state index in [-0.39, 0.29) is 16.0 Å². The van der Waals surface area contributed by atoms with Crippen molar-refractivity contribution in [3.63, 3.8) is 0 Å². The molecule has 3 aromatic rings. The Labute approximate surface area is 150 Å². The fourth-order valence-corrected chi connectivity index (χ4v) is 3.79. The van der Waals surface area contributed by atoms with E-state index in [1.165, 1.54) is 48.7 Å². The number of nitrogens with one attached hydrogen (secondary N) is 1. The van der Waals surface area contributed by atoms with E-state index in [2.05, 4.69) is 9.71 Å². The zero-order valence-electron chi connectivity index (χ0n) is 13.8. The van der Waals surface area contributed by atoms with Gasteiger partial charge in [-0.25, -0.2) is 17.8 Å². The number of hydrogen-bond acceptors (Lipinski definition) is 4. The summed E-state index contributed by atoms with van der Waals surface area (Å²) in [6.07, 6.45) is 3.15. The first-order valence-corrected chi connectivity index (χ1v) is 9.15. The maximum absolute atomic E-state index is 14.3. The minimum absolute atomic E-state index is 0.0768. The van der Waals surface area contributed by atoms with E-state index in [1.807, 2.05) is 6.07 Å². The van der Waals surface area contributed by atoms with E-state index < -0.39 is 21.9 Å². The van der Waals surface area contributed by atoms with Crippen LogP contribution in [-0.4, -0.2) is 18.0 Å². The van der Waals surface area contributed by atoms with E-state index in [4.69, 9.17) is 5.26 Å². The van der Waals surface area contributed by atoms with Gasteiger partial charge in [0.05, 0.1) is 16.5 Å². The van der Waals surface area contributed by atoms with Gasteiger partial charge < -0.3 is 4.57 Å². The first-order valence-electron chi connectivity index (χ1n) is 7.66. The molecule has 1 atom stereocenters. The van der Waals surface area contributed by atoms with Crippen molar-refractivity contribution in [2.24, 2.45) is 7.05 Å². The monoisotopic (exact) mass is 370 g/mol. The molecule has 1 N–H and O–H groups in total. The number of halogens is 1. The Balaban J connectivity index is 2.08. The highest BCUT2D eigenvalue weighted by molar-refractivity contribution is 7.89. The van der Waals surface area contributed by atoms with Gasteiger partial charge in [-0.3, -0.25) is 0 Å². The molecule has 0 radical (unpaired) electrons. The second kappa shape index (κ2) is 7.07. The zero-order valence-corrected chi connectivity index (χ0v) is 14.6. The minimum atomic E-state index is -4.02. The maximum Gasteiger partial charge on any atom is 0.241 e.